The van der Waals surface area contributed by atoms with Crippen molar-refractivity contribution in [3.63, 3.8) is 0 Å². The molecule has 228 valence electrons. The summed E-state index contributed by atoms with van der Waals surface area (Å²) in [5, 5.41) is 0. The average Bonchev–Trinajstić information content (AvgIpc) is 2.85. The largest absolute Gasteiger partial charge is 0.463 e. The number of esters is 6. The van der Waals surface area contributed by atoms with Crippen LogP contribution < -0.4 is 0 Å². The highest BCUT2D eigenvalue weighted by Gasteiger charge is 2.56. The third kappa shape index (κ3) is 11.9. The van der Waals surface area contributed by atoms with Gasteiger partial charge < -0.3 is 33.2 Å². The van der Waals surface area contributed by atoms with Gasteiger partial charge >= 0.3 is 35.8 Å². The number of carbonyl (C=O) groups is 6. The first-order valence-corrected chi connectivity index (χ1v) is 13.7. The molecule has 0 aromatic heterocycles. The van der Waals surface area contributed by atoms with E-state index in [-0.39, 0.29) is 25.7 Å². The maximum atomic E-state index is 12.7. The van der Waals surface area contributed by atoms with E-state index in [1.165, 1.54) is 0 Å². The molecule has 0 aliphatic carbocycles. The standard InChI is InChI=1S/C27H42O13/c1-7-11-19(30)34-15-18-23(38-20(31)12-8-2)24(39-21(32)13-9-3)25(40-22(33)14-10-4)26(37-18)27(35-16(5)28)36-17(6)29/h18,23-27H,7-15H2,1-6H3/t18-,23-,24+,25+,26?/m1/s1. The van der Waals surface area contributed by atoms with Crippen LogP contribution in [-0.2, 0) is 61.9 Å². The van der Waals surface area contributed by atoms with Crippen LogP contribution in [0, 0.1) is 0 Å². The molecule has 1 aliphatic heterocycles. The van der Waals surface area contributed by atoms with Crippen molar-refractivity contribution in [3.05, 3.63) is 0 Å². The second-order valence-corrected chi connectivity index (χ2v) is 9.27. The molecule has 1 aliphatic rings. The van der Waals surface area contributed by atoms with Gasteiger partial charge in [0.05, 0.1) is 0 Å². The van der Waals surface area contributed by atoms with E-state index in [0.717, 1.165) is 13.8 Å². The van der Waals surface area contributed by atoms with Gasteiger partial charge in [0.15, 0.2) is 24.4 Å². The molecule has 1 fully saturated rings. The van der Waals surface area contributed by atoms with E-state index >= 15 is 0 Å². The summed E-state index contributed by atoms with van der Waals surface area (Å²) in [6, 6.07) is 0. The Balaban J connectivity index is 3.68. The summed E-state index contributed by atoms with van der Waals surface area (Å²) in [6.07, 6.45) is -7.09. The molecule has 0 aromatic rings. The third-order valence-corrected chi connectivity index (χ3v) is 5.53. The highest BCUT2D eigenvalue weighted by molar-refractivity contribution is 5.72. The molecule has 1 rings (SSSR count). The predicted molar refractivity (Wildman–Crippen MR) is 136 cm³/mol. The molecule has 1 heterocycles. The maximum Gasteiger partial charge on any atom is 0.306 e. The summed E-state index contributed by atoms with van der Waals surface area (Å²) >= 11 is 0. The summed E-state index contributed by atoms with van der Waals surface area (Å²) in [7, 11) is 0. The summed E-state index contributed by atoms with van der Waals surface area (Å²) in [5.74, 6) is -4.33. The highest BCUT2D eigenvalue weighted by Crippen LogP contribution is 2.33. The number of rotatable bonds is 16. The van der Waals surface area contributed by atoms with Crippen LogP contribution >= 0.6 is 0 Å². The van der Waals surface area contributed by atoms with Gasteiger partial charge in [-0.05, 0) is 25.7 Å². The Morgan fingerprint density at radius 3 is 1.43 bits per heavy atom. The van der Waals surface area contributed by atoms with Crippen LogP contribution in [0.1, 0.15) is 92.9 Å². The fourth-order valence-corrected chi connectivity index (χ4v) is 3.89. The maximum absolute atomic E-state index is 12.7. The van der Waals surface area contributed by atoms with Crippen molar-refractivity contribution in [1.82, 2.24) is 0 Å². The molecule has 40 heavy (non-hydrogen) atoms. The van der Waals surface area contributed by atoms with Crippen molar-refractivity contribution in [1.29, 1.82) is 0 Å². The molecule has 1 saturated heterocycles. The molecule has 0 bridgehead atoms. The van der Waals surface area contributed by atoms with Gasteiger partial charge in [-0.2, -0.15) is 0 Å². The first kappa shape index (κ1) is 34.8. The van der Waals surface area contributed by atoms with E-state index in [0.29, 0.717) is 25.7 Å². The zero-order valence-corrected chi connectivity index (χ0v) is 24.1. The third-order valence-electron chi connectivity index (χ3n) is 5.53. The Morgan fingerprint density at radius 2 is 1.00 bits per heavy atom. The number of hydrogen-bond donors (Lipinski definition) is 0. The lowest BCUT2D eigenvalue weighted by atomic mass is 9.93. The second kappa shape index (κ2) is 18.2. The van der Waals surface area contributed by atoms with E-state index in [2.05, 4.69) is 0 Å². The van der Waals surface area contributed by atoms with Crippen LogP contribution in [-0.4, -0.2) is 79.2 Å². The topological polar surface area (TPSA) is 167 Å². The summed E-state index contributed by atoms with van der Waals surface area (Å²) in [5.41, 5.74) is 0. The van der Waals surface area contributed by atoms with Gasteiger partial charge in [0.25, 0.3) is 6.29 Å². The molecule has 0 N–H and O–H groups in total. The van der Waals surface area contributed by atoms with E-state index in [1.807, 2.05) is 0 Å². The molecular weight excluding hydrogens is 532 g/mol. The molecular formula is C27H42O13. The van der Waals surface area contributed by atoms with Crippen molar-refractivity contribution in [2.75, 3.05) is 6.61 Å². The van der Waals surface area contributed by atoms with Gasteiger partial charge in [-0.15, -0.1) is 0 Å². The van der Waals surface area contributed by atoms with Crippen molar-refractivity contribution < 1.29 is 61.9 Å². The van der Waals surface area contributed by atoms with Gasteiger partial charge in [-0.25, -0.2) is 0 Å². The normalized spacial score (nSPS) is 22.1. The first-order chi connectivity index (χ1) is 19.0. The zero-order chi connectivity index (χ0) is 30.2. The van der Waals surface area contributed by atoms with Crippen LogP contribution in [0.25, 0.3) is 0 Å². The lowest BCUT2D eigenvalue weighted by molar-refractivity contribution is -0.293. The first-order valence-electron chi connectivity index (χ1n) is 13.7. The summed E-state index contributed by atoms with van der Waals surface area (Å²) in [6.45, 7) is 8.71. The van der Waals surface area contributed by atoms with E-state index in [4.69, 9.17) is 33.2 Å². The molecule has 5 atom stereocenters. The Kier molecular flexibility index (Phi) is 15.8. The second-order valence-electron chi connectivity index (χ2n) is 9.27. The minimum atomic E-state index is -1.75. The minimum Gasteiger partial charge on any atom is -0.463 e. The smallest absolute Gasteiger partial charge is 0.306 e. The summed E-state index contributed by atoms with van der Waals surface area (Å²) < 4.78 is 38.7. The van der Waals surface area contributed by atoms with Crippen LogP contribution in [0.15, 0.2) is 0 Å². The SMILES string of the molecule is CCCC(=O)OC[C@H]1OC(C(OC(C)=O)OC(C)=O)[C@@H](OC(=O)CCC)[C@@H](OC(=O)CCC)[C@@H]1OC(=O)CCC. The molecule has 13 heteroatoms. The zero-order valence-electron chi connectivity index (χ0n) is 24.1. The van der Waals surface area contributed by atoms with Crippen molar-refractivity contribution in [3.8, 4) is 0 Å². The fourth-order valence-electron chi connectivity index (χ4n) is 3.89. The molecule has 0 spiro atoms. The van der Waals surface area contributed by atoms with Gasteiger partial charge in [-0.3, -0.25) is 28.8 Å². The number of ether oxygens (including phenoxy) is 7. The molecule has 0 radical (unpaired) electrons. The molecule has 0 aromatic carbocycles. The molecule has 0 saturated carbocycles. The van der Waals surface area contributed by atoms with Gasteiger partial charge in [0.2, 0.25) is 0 Å². The Labute approximate surface area is 234 Å². The summed E-state index contributed by atoms with van der Waals surface area (Å²) in [4.78, 5) is 74.0. The predicted octanol–water partition coefficient (Wildman–Crippen LogP) is 2.69. The van der Waals surface area contributed by atoms with Crippen LogP contribution in [0.5, 0.6) is 0 Å². The highest BCUT2D eigenvalue weighted by atomic mass is 16.7. The fraction of sp³-hybridized carbons (Fsp3) is 0.778. The van der Waals surface area contributed by atoms with Gasteiger partial charge in [-0.1, -0.05) is 27.7 Å². The van der Waals surface area contributed by atoms with E-state index < -0.39 is 79.2 Å². The molecule has 13 nitrogen and oxygen atoms in total. The van der Waals surface area contributed by atoms with Crippen LogP contribution in [0.4, 0.5) is 0 Å². The lowest BCUT2D eigenvalue weighted by Crippen LogP contribution is -2.65. The van der Waals surface area contributed by atoms with Crippen LogP contribution in [0.2, 0.25) is 0 Å². The van der Waals surface area contributed by atoms with Crippen molar-refractivity contribution in [2.45, 2.75) is 130 Å². The van der Waals surface area contributed by atoms with Crippen molar-refractivity contribution in [2.24, 2.45) is 0 Å². The Morgan fingerprint density at radius 1 is 0.600 bits per heavy atom. The Hall–Kier alpha value is -3.22. The van der Waals surface area contributed by atoms with Crippen molar-refractivity contribution >= 4 is 35.8 Å². The quantitative estimate of drug-likeness (QED) is 0.150. The number of carbonyl (C=O) groups excluding carboxylic acids is 6. The number of hydrogen-bond acceptors (Lipinski definition) is 13. The van der Waals surface area contributed by atoms with E-state index in [9.17, 15) is 28.8 Å². The lowest BCUT2D eigenvalue weighted by Gasteiger charge is -2.45. The van der Waals surface area contributed by atoms with Gasteiger partial charge in [0, 0.05) is 39.5 Å². The van der Waals surface area contributed by atoms with Crippen LogP contribution in [0.3, 0.4) is 0 Å². The van der Waals surface area contributed by atoms with E-state index in [1.54, 1.807) is 27.7 Å². The minimum absolute atomic E-state index is 0.0131. The molecule has 1 unspecified atom stereocenters. The Bertz CT molecular complexity index is 854. The van der Waals surface area contributed by atoms with Gasteiger partial charge in [0.1, 0.15) is 12.7 Å². The molecule has 0 amide bonds. The monoisotopic (exact) mass is 574 g/mol. The average molecular weight is 575 g/mol.